The molecular weight excluding hydrogens is 457 g/mol. The number of H-pyrrole nitrogens is 1. The molecule has 0 saturated heterocycles. The quantitative estimate of drug-likeness (QED) is 0.589. The largest absolute Gasteiger partial charge is 0.573 e. The van der Waals surface area contributed by atoms with Gasteiger partial charge >= 0.3 is 18.4 Å². The van der Waals surface area contributed by atoms with E-state index in [1.165, 1.54) is 17.0 Å². The molecule has 0 radical (unpaired) electrons. The van der Waals surface area contributed by atoms with Gasteiger partial charge in [-0.05, 0) is 38.5 Å². The Hall–Kier alpha value is -3.02. The minimum absolute atomic E-state index is 0.0205. The summed E-state index contributed by atoms with van der Waals surface area (Å²) in [6, 6.07) is 3.67. The van der Waals surface area contributed by atoms with Gasteiger partial charge in [-0.1, -0.05) is 17.7 Å². The summed E-state index contributed by atoms with van der Waals surface area (Å²) in [5.74, 6) is -1.17. The minimum atomic E-state index is -4.89. The van der Waals surface area contributed by atoms with Gasteiger partial charge in [0.15, 0.2) is 5.82 Å². The zero-order valence-corrected chi connectivity index (χ0v) is 18.3. The van der Waals surface area contributed by atoms with Crippen molar-refractivity contribution >= 4 is 23.7 Å². The van der Waals surface area contributed by atoms with Crippen LogP contribution >= 0.6 is 11.6 Å². The maximum atomic E-state index is 12.6. The number of carboxylic acid groups (broad SMARTS) is 1. The molecular formula is C19H22ClF3N4O5. The van der Waals surface area contributed by atoms with E-state index in [4.69, 9.17) is 21.4 Å². The van der Waals surface area contributed by atoms with Crippen LogP contribution in [-0.4, -0.2) is 55.8 Å². The standard InChI is InChI=1S/C19H22ClF3N4O5/c1-18(2,3)32-17(30)27(7-6-14-24-15(26-25-14)9-16(28)29)10-11-4-5-13(12(20)8-11)31-19(21,22)23/h4-5,8H,6-7,9-10H2,1-3H3,(H,28,29)(H,24,25,26). The second-order valence-electron chi connectivity index (χ2n) is 7.73. The van der Waals surface area contributed by atoms with Crippen molar-refractivity contribution in [3.63, 3.8) is 0 Å². The topological polar surface area (TPSA) is 118 Å². The zero-order valence-electron chi connectivity index (χ0n) is 17.5. The number of ether oxygens (including phenoxy) is 2. The van der Waals surface area contributed by atoms with Gasteiger partial charge in [0.05, 0.1) is 5.02 Å². The fraction of sp³-hybridized carbons (Fsp3) is 0.474. The van der Waals surface area contributed by atoms with Crippen LogP contribution in [-0.2, 0) is 28.9 Å². The molecule has 2 aromatic rings. The number of aliphatic carboxylic acids is 1. The average Bonchev–Trinajstić information content (AvgIpc) is 3.04. The Labute approximate surface area is 186 Å². The number of halogens is 4. The molecule has 0 unspecified atom stereocenters. The highest BCUT2D eigenvalue weighted by atomic mass is 35.5. The van der Waals surface area contributed by atoms with Gasteiger partial charge < -0.3 is 19.5 Å². The molecule has 1 aromatic carbocycles. The molecule has 1 aromatic heterocycles. The number of nitrogens with one attached hydrogen (secondary N) is 1. The Morgan fingerprint density at radius 2 is 1.94 bits per heavy atom. The molecule has 0 fully saturated rings. The van der Waals surface area contributed by atoms with Gasteiger partial charge in [0.1, 0.15) is 23.6 Å². The number of alkyl halides is 3. The Bertz CT molecular complexity index is 959. The third-order valence-corrected chi connectivity index (χ3v) is 4.04. The average molecular weight is 479 g/mol. The van der Waals surface area contributed by atoms with Crippen molar-refractivity contribution in [3.05, 3.63) is 40.4 Å². The number of carbonyl (C=O) groups is 2. The first-order chi connectivity index (χ1) is 14.7. The van der Waals surface area contributed by atoms with Gasteiger partial charge in [0, 0.05) is 19.5 Å². The van der Waals surface area contributed by atoms with E-state index < -0.39 is 29.8 Å². The summed E-state index contributed by atoms with van der Waals surface area (Å²) >= 11 is 5.89. The Morgan fingerprint density at radius 1 is 1.25 bits per heavy atom. The van der Waals surface area contributed by atoms with E-state index in [1.807, 2.05) is 0 Å². The highest BCUT2D eigenvalue weighted by Gasteiger charge is 2.32. The summed E-state index contributed by atoms with van der Waals surface area (Å²) < 4.78 is 46.5. The van der Waals surface area contributed by atoms with E-state index in [2.05, 4.69) is 19.9 Å². The summed E-state index contributed by atoms with van der Waals surface area (Å²) in [5.41, 5.74) is -0.340. The number of aromatic amines is 1. The number of nitrogens with zero attached hydrogens (tertiary/aromatic N) is 3. The van der Waals surface area contributed by atoms with E-state index in [0.29, 0.717) is 11.4 Å². The predicted octanol–water partition coefficient (Wildman–Crippen LogP) is 3.96. The van der Waals surface area contributed by atoms with Crippen molar-refractivity contribution in [1.29, 1.82) is 0 Å². The maximum Gasteiger partial charge on any atom is 0.573 e. The number of carbonyl (C=O) groups excluding carboxylic acids is 1. The summed E-state index contributed by atoms with van der Waals surface area (Å²) in [6.45, 7) is 5.15. The third-order valence-electron chi connectivity index (χ3n) is 3.75. The van der Waals surface area contributed by atoms with Crippen LogP contribution in [0, 0.1) is 0 Å². The predicted molar refractivity (Wildman–Crippen MR) is 106 cm³/mol. The molecule has 0 atom stereocenters. The van der Waals surface area contributed by atoms with Crippen LogP contribution in [0.1, 0.15) is 38.0 Å². The molecule has 0 aliphatic carbocycles. The lowest BCUT2D eigenvalue weighted by atomic mass is 10.2. The molecule has 0 bridgehead atoms. The van der Waals surface area contributed by atoms with Crippen molar-refractivity contribution < 1.29 is 37.3 Å². The first kappa shape index (κ1) is 25.2. The Balaban J connectivity index is 2.14. The van der Waals surface area contributed by atoms with Crippen LogP contribution < -0.4 is 4.74 Å². The monoisotopic (exact) mass is 478 g/mol. The van der Waals surface area contributed by atoms with E-state index >= 15 is 0 Å². The van der Waals surface area contributed by atoms with E-state index in [0.717, 1.165) is 6.07 Å². The molecule has 0 aliphatic rings. The molecule has 0 aliphatic heterocycles. The smallest absolute Gasteiger partial charge is 0.481 e. The molecule has 0 spiro atoms. The SMILES string of the molecule is CC(C)(C)OC(=O)N(CCc1n[nH]c(CC(=O)O)n1)Cc1ccc(OC(F)(F)F)c(Cl)c1. The highest BCUT2D eigenvalue weighted by molar-refractivity contribution is 6.32. The second kappa shape index (κ2) is 10.1. The summed E-state index contributed by atoms with van der Waals surface area (Å²) in [5, 5.41) is 15.0. The van der Waals surface area contributed by atoms with E-state index in [1.54, 1.807) is 20.8 Å². The molecule has 1 amide bonds. The van der Waals surface area contributed by atoms with Crippen LogP contribution in [0.15, 0.2) is 18.2 Å². The fourth-order valence-corrected chi connectivity index (χ4v) is 2.78. The second-order valence-corrected chi connectivity index (χ2v) is 8.14. The molecule has 0 saturated carbocycles. The number of hydrogen-bond donors (Lipinski definition) is 2. The summed E-state index contributed by atoms with van der Waals surface area (Å²) in [7, 11) is 0. The van der Waals surface area contributed by atoms with Gasteiger partial charge in [-0.15, -0.1) is 13.2 Å². The van der Waals surface area contributed by atoms with Crippen molar-refractivity contribution in [2.24, 2.45) is 0 Å². The number of hydrogen-bond acceptors (Lipinski definition) is 6. The van der Waals surface area contributed by atoms with Crippen molar-refractivity contribution in [2.75, 3.05) is 6.54 Å². The number of amides is 1. The fourth-order valence-electron chi connectivity index (χ4n) is 2.54. The van der Waals surface area contributed by atoms with Crippen LogP contribution in [0.5, 0.6) is 5.75 Å². The van der Waals surface area contributed by atoms with Crippen molar-refractivity contribution in [2.45, 2.75) is 52.1 Å². The molecule has 2 N–H and O–H groups in total. The third kappa shape index (κ3) is 8.61. The van der Waals surface area contributed by atoms with Gasteiger partial charge in [0.2, 0.25) is 0 Å². The summed E-state index contributed by atoms with van der Waals surface area (Å²) in [6.07, 6.45) is -5.69. The number of benzene rings is 1. The molecule has 9 nitrogen and oxygen atoms in total. The van der Waals surface area contributed by atoms with Crippen LogP contribution in [0.2, 0.25) is 5.02 Å². The van der Waals surface area contributed by atoms with Crippen LogP contribution in [0.4, 0.5) is 18.0 Å². The number of aromatic nitrogens is 3. The first-order valence-electron chi connectivity index (χ1n) is 9.36. The lowest BCUT2D eigenvalue weighted by Crippen LogP contribution is -2.37. The minimum Gasteiger partial charge on any atom is -0.481 e. The lowest BCUT2D eigenvalue weighted by Gasteiger charge is -2.27. The van der Waals surface area contributed by atoms with Gasteiger partial charge in [-0.3, -0.25) is 9.89 Å². The zero-order chi connectivity index (χ0) is 24.1. The molecule has 2 rings (SSSR count). The van der Waals surface area contributed by atoms with E-state index in [-0.39, 0.29) is 36.8 Å². The molecule has 32 heavy (non-hydrogen) atoms. The highest BCUT2D eigenvalue weighted by Crippen LogP contribution is 2.31. The summed E-state index contributed by atoms with van der Waals surface area (Å²) in [4.78, 5) is 28.8. The maximum absolute atomic E-state index is 12.6. The number of carboxylic acids is 1. The normalized spacial score (nSPS) is 11.8. The van der Waals surface area contributed by atoms with Gasteiger partial charge in [-0.25, -0.2) is 9.78 Å². The molecule has 1 heterocycles. The van der Waals surface area contributed by atoms with E-state index in [9.17, 15) is 22.8 Å². The lowest BCUT2D eigenvalue weighted by molar-refractivity contribution is -0.274. The molecule has 13 heteroatoms. The van der Waals surface area contributed by atoms with Crippen molar-refractivity contribution in [1.82, 2.24) is 20.1 Å². The van der Waals surface area contributed by atoms with Gasteiger partial charge in [0.25, 0.3) is 0 Å². The van der Waals surface area contributed by atoms with Crippen molar-refractivity contribution in [3.8, 4) is 5.75 Å². The van der Waals surface area contributed by atoms with Gasteiger partial charge in [-0.2, -0.15) is 5.10 Å². The Kier molecular flexibility index (Phi) is 7.94. The van der Waals surface area contributed by atoms with Crippen LogP contribution in [0.25, 0.3) is 0 Å². The number of rotatable bonds is 8. The Morgan fingerprint density at radius 3 is 2.50 bits per heavy atom. The van der Waals surface area contributed by atoms with Crippen LogP contribution in [0.3, 0.4) is 0 Å². The first-order valence-corrected chi connectivity index (χ1v) is 9.73. The molecule has 176 valence electrons.